The largest absolute Gasteiger partial charge is 0.348 e. The molecule has 0 aliphatic rings. The minimum Gasteiger partial charge on any atom is -0.348 e. The van der Waals surface area contributed by atoms with E-state index in [-0.39, 0.29) is 0 Å². The molecule has 1 aromatic rings. The molecule has 0 atom stereocenters. The van der Waals surface area contributed by atoms with Gasteiger partial charge in [0.05, 0.1) is 13.4 Å². The summed E-state index contributed by atoms with van der Waals surface area (Å²) >= 11 is 0. The van der Waals surface area contributed by atoms with Crippen LogP contribution in [0.4, 0.5) is 0 Å². The van der Waals surface area contributed by atoms with Crippen molar-refractivity contribution < 1.29 is 4.84 Å². The standard InChI is InChI=1S/C6H11N3O/c1-10-9-3-2-6-4-7-5-8-6/h4-5,9H,2-3H2,1H3,(H,7,8). The van der Waals surface area contributed by atoms with Crippen LogP contribution < -0.4 is 5.48 Å². The lowest BCUT2D eigenvalue weighted by atomic mass is 10.3. The van der Waals surface area contributed by atoms with Gasteiger partial charge in [-0.25, -0.2) is 10.5 Å². The molecule has 0 unspecified atom stereocenters. The van der Waals surface area contributed by atoms with Crippen LogP contribution in [0.2, 0.25) is 0 Å². The zero-order valence-electron chi connectivity index (χ0n) is 5.92. The fraction of sp³-hybridized carbons (Fsp3) is 0.500. The third-order valence-electron chi connectivity index (χ3n) is 1.20. The molecular weight excluding hydrogens is 130 g/mol. The second-order valence-electron chi connectivity index (χ2n) is 1.93. The maximum absolute atomic E-state index is 4.66. The molecule has 2 N–H and O–H groups in total. The van der Waals surface area contributed by atoms with Gasteiger partial charge in [-0.05, 0) is 0 Å². The lowest BCUT2D eigenvalue weighted by Crippen LogP contribution is -2.15. The number of H-pyrrole nitrogens is 1. The molecule has 1 aromatic heterocycles. The van der Waals surface area contributed by atoms with Gasteiger partial charge >= 0.3 is 0 Å². The molecule has 0 fully saturated rings. The molecular formula is C6H11N3O. The summed E-state index contributed by atoms with van der Waals surface area (Å²) < 4.78 is 0. The number of rotatable bonds is 4. The van der Waals surface area contributed by atoms with Crippen LogP contribution >= 0.6 is 0 Å². The first kappa shape index (κ1) is 7.24. The van der Waals surface area contributed by atoms with Crippen LogP contribution in [0.15, 0.2) is 12.5 Å². The Bertz CT molecular complexity index is 162. The zero-order valence-corrected chi connectivity index (χ0v) is 5.92. The van der Waals surface area contributed by atoms with E-state index in [4.69, 9.17) is 0 Å². The van der Waals surface area contributed by atoms with Crippen molar-refractivity contribution in [1.29, 1.82) is 0 Å². The van der Waals surface area contributed by atoms with Crippen molar-refractivity contribution in [2.75, 3.05) is 13.7 Å². The van der Waals surface area contributed by atoms with E-state index >= 15 is 0 Å². The van der Waals surface area contributed by atoms with Gasteiger partial charge in [0.25, 0.3) is 0 Å². The van der Waals surface area contributed by atoms with E-state index in [9.17, 15) is 0 Å². The first-order valence-corrected chi connectivity index (χ1v) is 3.16. The van der Waals surface area contributed by atoms with E-state index in [0.717, 1.165) is 18.7 Å². The quantitative estimate of drug-likeness (QED) is 0.462. The second kappa shape index (κ2) is 4.03. The number of nitrogens with zero attached hydrogens (tertiary/aromatic N) is 1. The topological polar surface area (TPSA) is 49.9 Å². The first-order chi connectivity index (χ1) is 4.93. The van der Waals surface area contributed by atoms with Crippen LogP contribution in [-0.2, 0) is 11.3 Å². The Balaban J connectivity index is 2.15. The summed E-state index contributed by atoms with van der Waals surface area (Å²) in [6.07, 6.45) is 4.38. The van der Waals surface area contributed by atoms with Crippen molar-refractivity contribution in [3.05, 3.63) is 18.2 Å². The maximum Gasteiger partial charge on any atom is 0.0921 e. The Morgan fingerprint density at radius 2 is 2.70 bits per heavy atom. The molecule has 0 amide bonds. The third kappa shape index (κ3) is 2.16. The van der Waals surface area contributed by atoms with Crippen LogP contribution in [0.1, 0.15) is 5.69 Å². The summed E-state index contributed by atoms with van der Waals surface area (Å²) in [7, 11) is 1.60. The Kier molecular flexibility index (Phi) is 2.92. The van der Waals surface area contributed by atoms with Crippen LogP contribution in [0, 0.1) is 0 Å². The van der Waals surface area contributed by atoms with Gasteiger partial charge in [0, 0.05) is 24.9 Å². The minimum atomic E-state index is 0.804. The number of hydrogen-bond donors (Lipinski definition) is 2. The molecule has 0 saturated heterocycles. The summed E-state index contributed by atoms with van der Waals surface area (Å²) in [6, 6.07) is 0. The molecule has 56 valence electrons. The summed E-state index contributed by atoms with van der Waals surface area (Å²) in [5.74, 6) is 0. The average molecular weight is 141 g/mol. The normalized spacial score (nSPS) is 10.1. The first-order valence-electron chi connectivity index (χ1n) is 3.16. The van der Waals surface area contributed by atoms with Gasteiger partial charge in [0.15, 0.2) is 0 Å². The fourth-order valence-electron chi connectivity index (χ4n) is 0.709. The van der Waals surface area contributed by atoms with Gasteiger partial charge in [0.2, 0.25) is 0 Å². The van der Waals surface area contributed by atoms with Gasteiger partial charge in [-0.3, -0.25) is 0 Å². The summed E-state index contributed by atoms with van der Waals surface area (Å²) in [6.45, 7) is 0.804. The summed E-state index contributed by atoms with van der Waals surface area (Å²) in [4.78, 5) is 11.5. The fourth-order valence-corrected chi connectivity index (χ4v) is 0.709. The van der Waals surface area contributed by atoms with Gasteiger partial charge in [0.1, 0.15) is 0 Å². The van der Waals surface area contributed by atoms with E-state index in [1.807, 2.05) is 0 Å². The number of hydroxylamine groups is 1. The van der Waals surface area contributed by atoms with E-state index < -0.39 is 0 Å². The molecule has 1 rings (SSSR count). The van der Waals surface area contributed by atoms with Crippen molar-refractivity contribution >= 4 is 0 Å². The monoisotopic (exact) mass is 141 g/mol. The predicted molar refractivity (Wildman–Crippen MR) is 37.3 cm³/mol. The van der Waals surface area contributed by atoms with E-state index in [1.54, 1.807) is 19.6 Å². The Hall–Kier alpha value is -0.870. The summed E-state index contributed by atoms with van der Waals surface area (Å²) in [5, 5.41) is 0. The Morgan fingerprint density at radius 1 is 1.80 bits per heavy atom. The van der Waals surface area contributed by atoms with Crippen LogP contribution in [0.25, 0.3) is 0 Å². The Labute approximate surface area is 59.6 Å². The second-order valence-corrected chi connectivity index (χ2v) is 1.93. The van der Waals surface area contributed by atoms with Crippen LogP contribution in [-0.4, -0.2) is 23.6 Å². The highest BCUT2D eigenvalue weighted by Gasteiger charge is 1.90. The van der Waals surface area contributed by atoms with Crippen molar-refractivity contribution in [3.8, 4) is 0 Å². The number of imidazole rings is 1. The molecule has 0 aromatic carbocycles. The van der Waals surface area contributed by atoms with Crippen molar-refractivity contribution in [2.45, 2.75) is 6.42 Å². The van der Waals surface area contributed by atoms with Crippen molar-refractivity contribution in [1.82, 2.24) is 15.4 Å². The average Bonchev–Trinajstić information content (AvgIpc) is 2.41. The molecule has 0 saturated carbocycles. The van der Waals surface area contributed by atoms with Crippen LogP contribution in [0.3, 0.4) is 0 Å². The smallest absolute Gasteiger partial charge is 0.0921 e. The number of nitrogens with one attached hydrogen (secondary N) is 2. The highest BCUT2D eigenvalue weighted by atomic mass is 16.6. The van der Waals surface area contributed by atoms with E-state index in [2.05, 4.69) is 20.3 Å². The zero-order chi connectivity index (χ0) is 7.23. The predicted octanol–water partition coefficient (Wildman–Crippen LogP) is 0.103. The lowest BCUT2D eigenvalue weighted by Gasteiger charge is -1.97. The number of hydrogen-bond acceptors (Lipinski definition) is 3. The van der Waals surface area contributed by atoms with E-state index in [0.29, 0.717) is 0 Å². The van der Waals surface area contributed by atoms with Gasteiger partial charge in [-0.1, -0.05) is 0 Å². The molecule has 1 heterocycles. The van der Waals surface area contributed by atoms with Gasteiger partial charge in [-0.2, -0.15) is 0 Å². The Morgan fingerprint density at radius 3 is 3.30 bits per heavy atom. The van der Waals surface area contributed by atoms with Crippen LogP contribution in [0.5, 0.6) is 0 Å². The third-order valence-corrected chi connectivity index (χ3v) is 1.20. The molecule has 0 spiro atoms. The SMILES string of the molecule is CONCCc1cnc[nH]1. The van der Waals surface area contributed by atoms with Crippen molar-refractivity contribution in [3.63, 3.8) is 0 Å². The molecule has 4 nitrogen and oxygen atoms in total. The van der Waals surface area contributed by atoms with Gasteiger partial charge < -0.3 is 9.82 Å². The van der Waals surface area contributed by atoms with Gasteiger partial charge in [-0.15, -0.1) is 0 Å². The molecule has 0 radical (unpaired) electrons. The highest BCUT2D eigenvalue weighted by molar-refractivity contribution is 4.93. The molecule has 0 aliphatic heterocycles. The molecule has 4 heteroatoms. The highest BCUT2D eigenvalue weighted by Crippen LogP contribution is 1.89. The number of aromatic nitrogens is 2. The maximum atomic E-state index is 4.66. The number of aromatic amines is 1. The molecule has 0 bridgehead atoms. The molecule has 10 heavy (non-hydrogen) atoms. The van der Waals surface area contributed by atoms with Crippen molar-refractivity contribution in [2.24, 2.45) is 0 Å². The molecule has 0 aliphatic carbocycles. The van der Waals surface area contributed by atoms with E-state index in [1.165, 1.54) is 0 Å². The lowest BCUT2D eigenvalue weighted by molar-refractivity contribution is 0.0926. The summed E-state index contributed by atoms with van der Waals surface area (Å²) in [5.41, 5.74) is 3.85. The minimum absolute atomic E-state index is 0.804.